The highest BCUT2D eigenvalue weighted by Crippen LogP contribution is 1.97. The molecule has 0 aromatic rings. The van der Waals surface area contributed by atoms with E-state index in [1.807, 2.05) is 0 Å². The first-order valence-electron chi connectivity index (χ1n) is 6.89. The Labute approximate surface area is 112 Å². The molecule has 0 saturated carbocycles. The molecule has 5 nitrogen and oxygen atoms in total. The maximum Gasteiger partial charge on any atom is 0.215 e. The topological polar surface area (TPSA) is 61.4 Å². The summed E-state index contributed by atoms with van der Waals surface area (Å²) in [6.07, 6.45) is 1.02. The summed E-state index contributed by atoms with van der Waals surface area (Å²) in [4.78, 5) is 2.20. The predicted molar refractivity (Wildman–Crippen MR) is 77.3 cm³/mol. The zero-order valence-corrected chi connectivity index (χ0v) is 13.0. The van der Waals surface area contributed by atoms with Gasteiger partial charge in [0.05, 0.1) is 5.25 Å². The Morgan fingerprint density at radius 1 is 1.11 bits per heavy atom. The fraction of sp³-hybridized carbons (Fsp3) is 1.00. The van der Waals surface area contributed by atoms with Gasteiger partial charge in [-0.1, -0.05) is 20.8 Å². The maximum atomic E-state index is 11.9. The minimum atomic E-state index is -3.19. The second-order valence-electron chi connectivity index (χ2n) is 4.48. The first-order valence-corrected chi connectivity index (χ1v) is 8.44. The lowest BCUT2D eigenvalue weighted by Crippen LogP contribution is -2.42. The molecular weight excluding hydrogens is 250 g/mol. The number of likely N-dealkylation sites (N-methyl/N-ethyl adjacent to an activating group) is 1. The molecule has 0 bridgehead atoms. The van der Waals surface area contributed by atoms with E-state index >= 15 is 0 Å². The van der Waals surface area contributed by atoms with Crippen molar-refractivity contribution in [3.63, 3.8) is 0 Å². The number of sulfonamides is 1. The van der Waals surface area contributed by atoms with Gasteiger partial charge in [0.1, 0.15) is 0 Å². The van der Waals surface area contributed by atoms with Gasteiger partial charge in [-0.3, -0.25) is 0 Å². The fourth-order valence-corrected chi connectivity index (χ4v) is 2.62. The summed E-state index contributed by atoms with van der Waals surface area (Å²) >= 11 is 0. The Hall–Kier alpha value is -0.170. The van der Waals surface area contributed by atoms with Crippen LogP contribution in [0.3, 0.4) is 0 Å². The SMILES string of the molecule is CCCNCC(C)S(=O)(=O)NCCN(CC)CC. The van der Waals surface area contributed by atoms with Gasteiger partial charge in [-0.05, 0) is 33.0 Å². The lowest BCUT2D eigenvalue weighted by atomic mass is 10.4. The summed E-state index contributed by atoms with van der Waals surface area (Å²) in [5.41, 5.74) is 0. The van der Waals surface area contributed by atoms with Crippen molar-refractivity contribution >= 4 is 10.0 Å². The van der Waals surface area contributed by atoms with E-state index in [-0.39, 0.29) is 5.25 Å². The lowest BCUT2D eigenvalue weighted by Gasteiger charge is -2.19. The largest absolute Gasteiger partial charge is 0.315 e. The van der Waals surface area contributed by atoms with Gasteiger partial charge in [0.15, 0.2) is 0 Å². The molecule has 0 saturated heterocycles. The number of nitrogens with zero attached hydrogens (tertiary/aromatic N) is 1. The van der Waals surface area contributed by atoms with Gasteiger partial charge in [-0.15, -0.1) is 0 Å². The molecule has 2 N–H and O–H groups in total. The van der Waals surface area contributed by atoms with Crippen LogP contribution in [0.15, 0.2) is 0 Å². The third kappa shape index (κ3) is 7.31. The molecule has 0 radical (unpaired) electrons. The summed E-state index contributed by atoms with van der Waals surface area (Å²) in [6, 6.07) is 0. The van der Waals surface area contributed by atoms with E-state index < -0.39 is 10.0 Å². The standard InChI is InChI=1S/C12H29N3O2S/c1-5-8-13-11-12(4)18(16,17)14-9-10-15(6-2)7-3/h12-14H,5-11H2,1-4H3. The molecule has 0 aromatic carbocycles. The fourth-order valence-electron chi connectivity index (χ4n) is 1.62. The van der Waals surface area contributed by atoms with Crippen molar-refractivity contribution in [2.45, 2.75) is 39.4 Å². The first kappa shape index (κ1) is 17.8. The monoisotopic (exact) mass is 279 g/mol. The molecule has 0 aliphatic heterocycles. The molecule has 0 fully saturated rings. The van der Waals surface area contributed by atoms with Crippen LogP contribution in [0, 0.1) is 0 Å². The minimum absolute atomic E-state index is 0.388. The van der Waals surface area contributed by atoms with Crippen molar-refractivity contribution < 1.29 is 8.42 Å². The van der Waals surface area contributed by atoms with E-state index in [1.165, 1.54) is 0 Å². The molecule has 0 aliphatic rings. The summed E-state index contributed by atoms with van der Waals surface area (Å²) in [5.74, 6) is 0. The van der Waals surface area contributed by atoms with Gasteiger partial charge < -0.3 is 10.2 Å². The summed E-state index contributed by atoms with van der Waals surface area (Å²) < 4.78 is 26.5. The highest BCUT2D eigenvalue weighted by Gasteiger charge is 2.19. The van der Waals surface area contributed by atoms with Crippen LogP contribution in [0.4, 0.5) is 0 Å². The molecular formula is C12H29N3O2S. The second kappa shape index (κ2) is 9.72. The Balaban J connectivity index is 3.98. The molecule has 0 heterocycles. The number of rotatable bonds is 11. The minimum Gasteiger partial charge on any atom is -0.315 e. The van der Waals surface area contributed by atoms with Crippen molar-refractivity contribution in [2.24, 2.45) is 0 Å². The van der Waals surface area contributed by atoms with Crippen molar-refractivity contribution in [1.82, 2.24) is 14.9 Å². The summed E-state index contributed by atoms with van der Waals surface area (Å²) in [7, 11) is -3.19. The quantitative estimate of drug-likeness (QED) is 0.545. The van der Waals surface area contributed by atoms with Crippen molar-refractivity contribution in [1.29, 1.82) is 0 Å². The van der Waals surface area contributed by atoms with Gasteiger partial charge in [0.2, 0.25) is 10.0 Å². The van der Waals surface area contributed by atoms with Crippen LogP contribution in [0.2, 0.25) is 0 Å². The smallest absolute Gasteiger partial charge is 0.215 e. The van der Waals surface area contributed by atoms with Crippen LogP contribution in [-0.2, 0) is 10.0 Å². The third-order valence-corrected chi connectivity index (χ3v) is 4.85. The van der Waals surface area contributed by atoms with E-state index in [1.54, 1.807) is 6.92 Å². The van der Waals surface area contributed by atoms with E-state index in [0.717, 1.165) is 32.6 Å². The van der Waals surface area contributed by atoms with Gasteiger partial charge in [-0.2, -0.15) is 0 Å². The molecule has 1 unspecified atom stereocenters. The van der Waals surface area contributed by atoms with E-state index in [9.17, 15) is 8.42 Å². The third-order valence-electron chi connectivity index (χ3n) is 3.01. The molecule has 1 atom stereocenters. The summed E-state index contributed by atoms with van der Waals surface area (Å²) in [6.45, 7) is 12.5. The number of hydrogen-bond donors (Lipinski definition) is 2. The van der Waals surface area contributed by atoms with Crippen molar-refractivity contribution in [2.75, 3.05) is 39.3 Å². The van der Waals surface area contributed by atoms with Crippen molar-refractivity contribution in [3.05, 3.63) is 0 Å². The Morgan fingerprint density at radius 2 is 1.72 bits per heavy atom. The van der Waals surface area contributed by atoms with Crippen LogP contribution >= 0.6 is 0 Å². The average molecular weight is 279 g/mol. The Bertz CT molecular complexity index is 290. The predicted octanol–water partition coefficient (Wildman–Crippen LogP) is 0.636. The second-order valence-corrected chi connectivity index (χ2v) is 6.66. The lowest BCUT2D eigenvalue weighted by molar-refractivity contribution is 0.308. The first-order chi connectivity index (χ1) is 8.47. The average Bonchev–Trinajstić information content (AvgIpc) is 2.34. The van der Waals surface area contributed by atoms with E-state index in [4.69, 9.17) is 0 Å². The van der Waals surface area contributed by atoms with Crippen LogP contribution in [0.1, 0.15) is 34.1 Å². The van der Waals surface area contributed by atoms with Gasteiger partial charge in [0.25, 0.3) is 0 Å². The highest BCUT2D eigenvalue weighted by atomic mass is 32.2. The van der Waals surface area contributed by atoms with Crippen LogP contribution < -0.4 is 10.0 Å². The van der Waals surface area contributed by atoms with Crippen LogP contribution in [-0.4, -0.2) is 57.8 Å². The van der Waals surface area contributed by atoms with Gasteiger partial charge in [0, 0.05) is 19.6 Å². The van der Waals surface area contributed by atoms with E-state index in [0.29, 0.717) is 13.1 Å². The Morgan fingerprint density at radius 3 is 2.22 bits per heavy atom. The molecule has 0 amide bonds. The normalized spacial score (nSPS) is 14.1. The zero-order valence-electron chi connectivity index (χ0n) is 12.2. The van der Waals surface area contributed by atoms with Crippen LogP contribution in [0.5, 0.6) is 0 Å². The van der Waals surface area contributed by atoms with Gasteiger partial charge >= 0.3 is 0 Å². The maximum absolute atomic E-state index is 11.9. The summed E-state index contributed by atoms with van der Waals surface area (Å²) in [5, 5.41) is 2.74. The van der Waals surface area contributed by atoms with E-state index in [2.05, 4.69) is 35.7 Å². The molecule has 6 heteroatoms. The number of hydrogen-bond acceptors (Lipinski definition) is 4. The van der Waals surface area contributed by atoms with Gasteiger partial charge in [-0.25, -0.2) is 13.1 Å². The van der Waals surface area contributed by atoms with Crippen LogP contribution in [0.25, 0.3) is 0 Å². The molecule has 0 spiro atoms. The van der Waals surface area contributed by atoms with Crippen molar-refractivity contribution in [3.8, 4) is 0 Å². The molecule has 0 aliphatic carbocycles. The molecule has 110 valence electrons. The Kier molecular flexibility index (Phi) is 9.63. The highest BCUT2D eigenvalue weighted by molar-refractivity contribution is 7.90. The zero-order chi connectivity index (χ0) is 14.0. The molecule has 0 rings (SSSR count). The number of nitrogens with one attached hydrogen (secondary N) is 2. The molecule has 18 heavy (non-hydrogen) atoms. The molecule has 0 aromatic heterocycles.